The maximum Gasteiger partial charge on any atom is 0.111 e. The van der Waals surface area contributed by atoms with Gasteiger partial charge in [-0.1, -0.05) is 51.2 Å². The average molecular weight is 479 g/mol. The Bertz CT molecular complexity index is 952. The Morgan fingerprint density at radius 2 is 1.83 bits per heavy atom. The van der Waals surface area contributed by atoms with E-state index in [1.54, 1.807) is 0 Å². The molecule has 2 saturated carbocycles. The first kappa shape index (κ1) is 23.9. The summed E-state index contributed by atoms with van der Waals surface area (Å²) in [5, 5.41) is 3.66. The first-order valence-electron chi connectivity index (χ1n) is 14.8. The molecule has 2 bridgehead atoms. The number of likely N-dealkylation sites (tertiary alicyclic amines) is 1. The van der Waals surface area contributed by atoms with E-state index in [-0.39, 0.29) is 0 Å². The molecule has 3 heterocycles. The van der Waals surface area contributed by atoms with Crippen LogP contribution in [0.4, 0.5) is 0 Å². The van der Waals surface area contributed by atoms with Crippen molar-refractivity contribution < 1.29 is 4.74 Å². The van der Waals surface area contributed by atoms with E-state index in [0.717, 1.165) is 49.6 Å². The molecule has 5 heteroatoms. The predicted octanol–water partition coefficient (Wildman–Crippen LogP) is 5.73. The second-order valence-corrected chi connectivity index (χ2v) is 12.1. The van der Waals surface area contributed by atoms with E-state index in [4.69, 9.17) is 9.72 Å². The molecule has 6 rings (SSSR count). The maximum atomic E-state index is 5.78. The zero-order chi connectivity index (χ0) is 23.6. The number of piperidine rings is 1. The molecule has 0 radical (unpaired) electrons. The van der Waals surface area contributed by atoms with Crippen LogP contribution in [-0.4, -0.2) is 58.9 Å². The van der Waals surface area contributed by atoms with Crippen molar-refractivity contribution in [1.29, 1.82) is 0 Å². The molecule has 1 aromatic heterocycles. The van der Waals surface area contributed by atoms with Crippen LogP contribution < -0.4 is 5.32 Å². The minimum atomic E-state index is 0.372. The maximum absolute atomic E-state index is 5.78. The van der Waals surface area contributed by atoms with Crippen molar-refractivity contribution in [2.75, 3.05) is 26.3 Å². The summed E-state index contributed by atoms with van der Waals surface area (Å²) in [6.45, 7) is 6.22. The summed E-state index contributed by atoms with van der Waals surface area (Å²) in [6.07, 6.45) is 16.5. The average Bonchev–Trinajstić information content (AvgIpc) is 3.15. The number of aromatic nitrogens is 2. The third kappa shape index (κ3) is 5.19. The number of imidazole rings is 1. The molecular weight excluding hydrogens is 432 g/mol. The number of rotatable bonds is 6. The van der Waals surface area contributed by atoms with E-state index in [0.29, 0.717) is 18.1 Å². The number of benzene rings is 1. The van der Waals surface area contributed by atoms with Crippen LogP contribution in [0.15, 0.2) is 24.3 Å². The van der Waals surface area contributed by atoms with Crippen LogP contribution in [0.25, 0.3) is 11.0 Å². The van der Waals surface area contributed by atoms with Crippen LogP contribution >= 0.6 is 0 Å². The summed E-state index contributed by atoms with van der Waals surface area (Å²) in [6, 6.07) is 11.3. The lowest BCUT2D eigenvalue weighted by atomic mass is 9.76. The predicted molar refractivity (Wildman–Crippen MR) is 143 cm³/mol. The second kappa shape index (κ2) is 10.9. The second-order valence-electron chi connectivity index (χ2n) is 12.1. The summed E-state index contributed by atoms with van der Waals surface area (Å²) in [5.74, 6) is 3.25. The Morgan fingerprint density at radius 1 is 1.00 bits per heavy atom. The van der Waals surface area contributed by atoms with Crippen molar-refractivity contribution >= 4 is 11.0 Å². The van der Waals surface area contributed by atoms with E-state index in [1.165, 1.54) is 88.5 Å². The molecule has 2 aliphatic heterocycles. The van der Waals surface area contributed by atoms with E-state index in [2.05, 4.69) is 46.0 Å². The van der Waals surface area contributed by atoms with Gasteiger partial charge >= 0.3 is 0 Å². The van der Waals surface area contributed by atoms with Gasteiger partial charge in [0.1, 0.15) is 5.82 Å². The van der Waals surface area contributed by atoms with Gasteiger partial charge in [-0.2, -0.15) is 0 Å². The molecule has 0 amide bonds. The SMILES string of the molecule is CCC[C@H]1C[C@@H](n2c(C[C@H]3COCCN3)nc3ccccc32)CCN1[C@@H]1C[C@@H]2CCCC[C@@H](C2)C1. The Hall–Kier alpha value is -1.43. The highest BCUT2D eigenvalue weighted by atomic mass is 16.5. The van der Waals surface area contributed by atoms with Gasteiger partial charge in [-0.3, -0.25) is 4.90 Å². The quantitative estimate of drug-likeness (QED) is 0.576. The van der Waals surface area contributed by atoms with Gasteiger partial charge in [0.2, 0.25) is 0 Å². The first-order chi connectivity index (χ1) is 17.3. The summed E-state index contributed by atoms with van der Waals surface area (Å²) in [5.41, 5.74) is 2.49. The van der Waals surface area contributed by atoms with Crippen LogP contribution in [-0.2, 0) is 11.2 Å². The zero-order valence-corrected chi connectivity index (χ0v) is 21.8. The molecule has 2 aromatic rings. The van der Waals surface area contributed by atoms with Crippen LogP contribution in [0.2, 0.25) is 0 Å². The zero-order valence-electron chi connectivity index (χ0n) is 21.8. The number of morpholine rings is 1. The molecule has 192 valence electrons. The summed E-state index contributed by atoms with van der Waals surface area (Å²) in [4.78, 5) is 8.16. The van der Waals surface area contributed by atoms with Crippen molar-refractivity contribution in [3.63, 3.8) is 0 Å². The monoisotopic (exact) mass is 478 g/mol. The number of hydrogen-bond acceptors (Lipinski definition) is 4. The summed E-state index contributed by atoms with van der Waals surface area (Å²) in [7, 11) is 0. The minimum Gasteiger partial charge on any atom is -0.379 e. The first-order valence-corrected chi connectivity index (χ1v) is 14.8. The van der Waals surface area contributed by atoms with Crippen molar-refractivity contribution in [2.45, 2.75) is 108 Å². The third-order valence-electron chi connectivity index (χ3n) is 9.64. The van der Waals surface area contributed by atoms with Gasteiger partial charge in [0.05, 0.1) is 24.2 Å². The van der Waals surface area contributed by atoms with E-state index in [1.807, 2.05) is 0 Å². The largest absolute Gasteiger partial charge is 0.379 e. The third-order valence-corrected chi connectivity index (χ3v) is 9.64. The Kier molecular flexibility index (Phi) is 7.46. The fourth-order valence-electron chi connectivity index (χ4n) is 8.13. The number of para-hydroxylation sites is 2. The van der Waals surface area contributed by atoms with Gasteiger partial charge in [0.25, 0.3) is 0 Å². The topological polar surface area (TPSA) is 42.3 Å². The van der Waals surface area contributed by atoms with Crippen molar-refractivity contribution in [3.05, 3.63) is 30.1 Å². The number of hydrogen-bond donors (Lipinski definition) is 1. The molecule has 1 aromatic carbocycles. The molecular formula is C30H46N4O. The molecule has 0 unspecified atom stereocenters. The minimum absolute atomic E-state index is 0.372. The fraction of sp³-hybridized carbons (Fsp3) is 0.767. The fourth-order valence-corrected chi connectivity index (χ4v) is 8.13. The van der Waals surface area contributed by atoms with E-state index < -0.39 is 0 Å². The molecule has 4 fully saturated rings. The van der Waals surface area contributed by atoms with Crippen LogP contribution in [0, 0.1) is 11.8 Å². The molecule has 35 heavy (non-hydrogen) atoms. The molecule has 0 spiro atoms. The number of fused-ring (bicyclic) bond motifs is 3. The lowest BCUT2D eigenvalue weighted by molar-refractivity contribution is 0.0230. The highest BCUT2D eigenvalue weighted by Gasteiger charge is 2.39. The molecule has 2 saturated heterocycles. The van der Waals surface area contributed by atoms with E-state index in [9.17, 15) is 0 Å². The van der Waals surface area contributed by atoms with Crippen LogP contribution in [0.3, 0.4) is 0 Å². The smallest absolute Gasteiger partial charge is 0.111 e. The number of ether oxygens (including phenoxy) is 1. The lowest BCUT2D eigenvalue weighted by Gasteiger charge is -2.48. The van der Waals surface area contributed by atoms with Crippen molar-refractivity contribution in [1.82, 2.24) is 19.8 Å². The van der Waals surface area contributed by atoms with Crippen LogP contribution in [0.1, 0.15) is 89.4 Å². The van der Waals surface area contributed by atoms with E-state index >= 15 is 0 Å². The number of nitrogens with zero attached hydrogens (tertiary/aromatic N) is 3. The molecule has 2 aliphatic carbocycles. The highest BCUT2D eigenvalue weighted by Crippen LogP contribution is 2.43. The highest BCUT2D eigenvalue weighted by molar-refractivity contribution is 5.76. The number of nitrogens with one attached hydrogen (secondary N) is 1. The van der Waals surface area contributed by atoms with Gasteiger partial charge < -0.3 is 14.6 Å². The molecule has 5 nitrogen and oxygen atoms in total. The van der Waals surface area contributed by atoms with Gasteiger partial charge in [-0.05, 0) is 62.5 Å². The lowest BCUT2D eigenvalue weighted by Crippen LogP contribution is -2.51. The summed E-state index contributed by atoms with van der Waals surface area (Å²) >= 11 is 0. The summed E-state index contributed by atoms with van der Waals surface area (Å²) < 4.78 is 8.42. The van der Waals surface area contributed by atoms with Gasteiger partial charge in [0.15, 0.2) is 0 Å². The Morgan fingerprint density at radius 3 is 2.60 bits per heavy atom. The normalized spacial score (nSPS) is 34.7. The van der Waals surface area contributed by atoms with Crippen molar-refractivity contribution in [3.8, 4) is 0 Å². The van der Waals surface area contributed by atoms with Crippen LogP contribution in [0.5, 0.6) is 0 Å². The molecule has 4 aliphatic rings. The van der Waals surface area contributed by atoms with Gasteiger partial charge in [-0.25, -0.2) is 4.98 Å². The van der Waals surface area contributed by atoms with Gasteiger partial charge in [0, 0.05) is 43.7 Å². The van der Waals surface area contributed by atoms with Gasteiger partial charge in [-0.15, -0.1) is 0 Å². The standard InChI is InChI=1S/C30H46N4O/c1-2-7-25-20-26(12-14-33(25)27-17-22-8-3-4-9-23(16-22)18-27)34-29-11-6-5-10-28(29)32-30(34)19-24-21-35-15-13-31-24/h5-6,10-11,22-27,31H,2-4,7-9,12-21H2,1H3/t22-,23+,24-,25-,26-,27-/m0/s1. The Labute approximate surface area is 212 Å². The molecule has 1 N–H and O–H groups in total. The Balaban J connectivity index is 1.24. The molecule has 6 atom stereocenters. The van der Waals surface area contributed by atoms with Crippen molar-refractivity contribution in [2.24, 2.45) is 11.8 Å².